The number of amides is 2. The molecule has 0 spiro atoms. The first-order valence-corrected chi connectivity index (χ1v) is 18.6. The van der Waals surface area contributed by atoms with Gasteiger partial charge in [0.2, 0.25) is 6.04 Å². The molecule has 0 saturated carbocycles. The molecule has 4 rings (SSSR count). The Kier molecular flexibility index (Phi) is 16.2. The molecule has 1 N–H and O–H groups in total. The third kappa shape index (κ3) is 11.8. The molecule has 1 aliphatic heterocycles. The quantitative estimate of drug-likeness (QED) is 0.0613. The fourth-order valence-electron chi connectivity index (χ4n) is 6.49. The molecule has 2 amide bonds. The summed E-state index contributed by atoms with van der Waals surface area (Å²) in [6.45, 7) is 3.26. The van der Waals surface area contributed by atoms with Gasteiger partial charge in [0.1, 0.15) is 5.75 Å². The Morgan fingerprint density at radius 1 is 0.796 bits per heavy atom. The molecule has 0 fully saturated rings. The van der Waals surface area contributed by atoms with Crippen LogP contribution >= 0.6 is 0 Å². The van der Waals surface area contributed by atoms with E-state index in [-0.39, 0.29) is 5.56 Å². The largest absolute Gasteiger partial charge is 0.491 e. The predicted octanol–water partition coefficient (Wildman–Crippen LogP) is 9.08. The van der Waals surface area contributed by atoms with E-state index in [2.05, 4.69) is 17.3 Å². The summed E-state index contributed by atoms with van der Waals surface area (Å²) in [7, 11) is 1.27. The monoisotopic (exact) mass is 672 g/mol. The van der Waals surface area contributed by atoms with E-state index in [9.17, 15) is 14.4 Å². The van der Waals surface area contributed by atoms with Crippen molar-refractivity contribution in [1.82, 2.24) is 9.78 Å². The van der Waals surface area contributed by atoms with Crippen LogP contribution in [0.25, 0.3) is 0 Å². The van der Waals surface area contributed by atoms with E-state index in [0.717, 1.165) is 24.1 Å². The molecule has 0 bridgehead atoms. The number of anilines is 2. The Bertz CT molecular complexity index is 1450. The number of unbranched alkanes of at least 4 members (excludes halogenated alkanes) is 15. The fraction of sp³-hybridized carbons (Fsp3) is 0.550. The average molecular weight is 673 g/mol. The normalized spacial score (nSPS) is 12.8. The number of esters is 1. The SMILES string of the molecule is CCCCCCCCCCCCCCCCCCOc1ccccc1NC(=O)C(C(=O)N1CCc2ccccc21)n1cc(C(=O)OC)cn1. The van der Waals surface area contributed by atoms with Crippen molar-refractivity contribution in [3.05, 3.63) is 72.1 Å². The van der Waals surface area contributed by atoms with Gasteiger partial charge in [-0.05, 0) is 36.6 Å². The molecule has 0 aliphatic carbocycles. The molecule has 0 radical (unpaired) electrons. The first kappa shape index (κ1) is 37.7. The van der Waals surface area contributed by atoms with Gasteiger partial charge in [-0.15, -0.1) is 0 Å². The van der Waals surface area contributed by atoms with E-state index >= 15 is 0 Å². The van der Waals surface area contributed by atoms with Crippen molar-refractivity contribution in [3.63, 3.8) is 0 Å². The lowest BCUT2D eigenvalue weighted by Gasteiger charge is -2.24. The molecule has 9 nitrogen and oxygen atoms in total. The van der Waals surface area contributed by atoms with E-state index in [1.54, 1.807) is 11.0 Å². The van der Waals surface area contributed by atoms with E-state index in [1.165, 1.54) is 114 Å². The second-order valence-electron chi connectivity index (χ2n) is 13.1. The number of fused-ring (bicyclic) bond motifs is 1. The number of carbonyl (C=O) groups is 3. The van der Waals surface area contributed by atoms with Gasteiger partial charge in [-0.3, -0.25) is 9.59 Å². The van der Waals surface area contributed by atoms with E-state index < -0.39 is 23.8 Å². The van der Waals surface area contributed by atoms with Crippen molar-refractivity contribution in [1.29, 1.82) is 0 Å². The molecule has 49 heavy (non-hydrogen) atoms. The molecule has 266 valence electrons. The highest BCUT2D eigenvalue weighted by molar-refractivity contribution is 6.14. The Labute approximate surface area is 292 Å². The van der Waals surface area contributed by atoms with Crippen LogP contribution in [-0.4, -0.2) is 47.8 Å². The summed E-state index contributed by atoms with van der Waals surface area (Å²) in [6, 6.07) is 13.6. The number of para-hydroxylation sites is 3. The standard InChI is InChI=1S/C40H56N4O5/c1-3-4-5-6-7-8-9-10-11-12-13-14-15-16-17-22-29-49-36-26-21-19-24-34(36)42-38(45)37(44-31-33(30-41-44)40(47)48-2)39(46)43-28-27-32-23-18-20-25-35(32)43/h18-21,23-26,30-31,37H,3-17,22,27-29H2,1-2H3,(H,42,45). The minimum absolute atomic E-state index is 0.150. The van der Waals surface area contributed by atoms with Crippen LogP contribution in [0.2, 0.25) is 0 Å². The molecule has 9 heteroatoms. The molecule has 1 atom stereocenters. The van der Waals surface area contributed by atoms with Gasteiger partial charge >= 0.3 is 5.97 Å². The van der Waals surface area contributed by atoms with Crippen LogP contribution in [0.3, 0.4) is 0 Å². The predicted molar refractivity (Wildman–Crippen MR) is 195 cm³/mol. The van der Waals surface area contributed by atoms with Gasteiger partial charge in [0.05, 0.1) is 31.2 Å². The first-order valence-electron chi connectivity index (χ1n) is 18.6. The van der Waals surface area contributed by atoms with Gasteiger partial charge in [0.15, 0.2) is 0 Å². The zero-order chi connectivity index (χ0) is 34.7. The van der Waals surface area contributed by atoms with Crippen molar-refractivity contribution >= 4 is 29.2 Å². The fourth-order valence-corrected chi connectivity index (χ4v) is 6.49. The molecule has 1 aromatic heterocycles. The van der Waals surface area contributed by atoms with Crippen molar-refractivity contribution in [3.8, 4) is 5.75 Å². The summed E-state index contributed by atoms with van der Waals surface area (Å²) >= 11 is 0. The highest BCUT2D eigenvalue weighted by Crippen LogP contribution is 2.31. The van der Waals surface area contributed by atoms with Crippen LogP contribution in [-0.2, 0) is 20.7 Å². The van der Waals surface area contributed by atoms with E-state index in [0.29, 0.717) is 31.0 Å². The van der Waals surface area contributed by atoms with Crippen molar-refractivity contribution in [2.45, 2.75) is 122 Å². The topological polar surface area (TPSA) is 103 Å². The molecule has 0 saturated heterocycles. The smallest absolute Gasteiger partial charge is 0.341 e. The molecule has 1 aliphatic rings. The third-order valence-corrected chi connectivity index (χ3v) is 9.32. The molecule has 3 aromatic rings. The first-order chi connectivity index (χ1) is 24.0. The van der Waals surface area contributed by atoms with Crippen LogP contribution < -0.4 is 15.0 Å². The van der Waals surface area contributed by atoms with Crippen LogP contribution in [0.5, 0.6) is 5.75 Å². The van der Waals surface area contributed by atoms with Gasteiger partial charge in [0.25, 0.3) is 11.8 Å². The Morgan fingerprint density at radius 2 is 1.39 bits per heavy atom. The Balaban J connectivity index is 1.22. The average Bonchev–Trinajstić information content (AvgIpc) is 3.78. The number of nitrogens with one attached hydrogen (secondary N) is 1. The van der Waals surface area contributed by atoms with Crippen molar-refractivity contribution in [2.24, 2.45) is 0 Å². The minimum Gasteiger partial charge on any atom is -0.491 e. The zero-order valence-corrected chi connectivity index (χ0v) is 29.7. The lowest BCUT2D eigenvalue weighted by Crippen LogP contribution is -2.42. The Hall–Kier alpha value is -4.14. The van der Waals surface area contributed by atoms with Gasteiger partial charge < -0.3 is 19.7 Å². The molecule has 2 aromatic carbocycles. The number of benzene rings is 2. The number of rotatable bonds is 23. The van der Waals surface area contributed by atoms with Crippen molar-refractivity contribution in [2.75, 3.05) is 30.5 Å². The Morgan fingerprint density at radius 3 is 2.04 bits per heavy atom. The van der Waals surface area contributed by atoms with E-state index in [1.807, 2.05) is 42.5 Å². The lowest BCUT2D eigenvalue weighted by molar-refractivity contribution is -0.130. The second-order valence-corrected chi connectivity index (χ2v) is 13.1. The maximum Gasteiger partial charge on any atom is 0.341 e. The number of nitrogens with zero attached hydrogens (tertiary/aromatic N) is 3. The molecular weight excluding hydrogens is 616 g/mol. The van der Waals surface area contributed by atoms with Crippen LogP contribution in [0, 0.1) is 0 Å². The molecule has 1 unspecified atom stereocenters. The summed E-state index contributed by atoms with van der Waals surface area (Å²) < 4.78 is 12.1. The van der Waals surface area contributed by atoms with Gasteiger partial charge in [-0.25, -0.2) is 9.48 Å². The number of methoxy groups -OCH3 is 1. The van der Waals surface area contributed by atoms with Crippen LogP contribution in [0.15, 0.2) is 60.9 Å². The highest BCUT2D eigenvalue weighted by Gasteiger charge is 2.37. The third-order valence-electron chi connectivity index (χ3n) is 9.32. The summed E-state index contributed by atoms with van der Waals surface area (Å²) in [5, 5.41) is 7.13. The second kappa shape index (κ2) is 21.1. The lowest BCUT2D eigenvalue weighted by atomic mass is 10.0. The van der Waals surface area contributed by atoms with E-state index in [4.69, 9.17) is 9.47 Å². The highest BCUT2D eigenvalue weighted by atomic mass is 16.5. The summed E-state index contributed by atoms with van der Waals surface area (Å²) in [5.74, 6) is -1.07. The van der Waals surface area contributed by atoms with Gasteiger partial charge in [0, 0.05) is 18.4 Å². The maximum absolute atomic E-state index is 14.0. The van der Waals surface area contributed by atoms with Crippen LogP contribution in [0.4, 0.5) is 11.4 Å². The number of ether oxygens (including phenoxy) is 2. The summed E-state index contributed by atoms with van der Waals surface area (Å²) in [4.78, 5) is 41.6. The number of carbonyl (C=O) groups excluding carboxylic acids is 3. The summed E-state index contributed by atoms with van der Waals surface area (Å²) in [5.41, 5.74) is 2.44. The summed E-state index contributed by atoms with van der Waals surface area (Å²) in [6.07, 6.45) is 24.3. The number of hydrogen-bond donors (Lipinski definition) is 1. The number of aromatic nitrogens is 2. The number of hydrogen-bond acceptors (Lipinski definition) is 6. The van der Waals surface area contributed by atoms with Crippen molar-refractivity contribution < 1.29 is 23.9 Å². The minimum atomic E-state index is -1.35. The van der Waals surface area contributed by atoms with Crippen LogP contribution in [0.1, 0.15) is 132 Å². The van der Waals surface area contributed by atoms with Gasteiger partial charge in [-0.1, -0.05) is 134 Å². The van der Waals surface area contributed by atoms with Gasteiger partial charge in [-0.2, -0.15) is 5.10 Å². The zero-order valence-electron chi connectivity index (χ0n) is 29.7. The maximum atomic E-state index is 14.0. The molecular formula is C40H56N4O5. The molecule has 2 heterocycles.